The lowest BCUT2D eigenvalue weighted by Crippen LogP contribution is -2.42. The number of nitrogens with zero attached hydrogens (tertiary/aromatic N) is 4. The van der Waals surface area contributed by atoms with Crippen molar-refractivity contribution in [3.63, 3.8) is 0 Å². The van der Waals surface area contributed by atoms with Gasteiger partial charge in [0.25, 0.3) is 11.5 Å². The number of benzene rings is 1. The van der Waals surface area contributed by atoms with E-state index < -0.39 is 0 Å². The number of H-pyrrole nitrogens is 1. The number of carbonyl (C=O) groups excluding carboxylic acids is 1. The first-order valence-corrected chi connectivity index (χ1v) is 14.7. The Balaban J connectivity index is 1.52. The van der Waals surface area contributed by atoms with Crippen LogP contribution >= 0.6 is 0 Å². The molecule has 2 fully saturated rings. The fourth-order valence-corrected chi connectivity index (χ4v) is 6.19. The lowest BCUT2D eigenvalue weighted by Gasteiger charge is -2.24. The standard InChI is InChI=1S/C30H42N6O3/c1-34(2)17-16-31-28(37)24-15-9-14-23(18-24)26-32-25-27(33-26)35(19-21-10-5-3-6-11-21)30(39)36(29(25)38)20-22-12-7-4-8-13-22/h9,14-15,18,21-22H,3-8,10-13,16-17,19-20H2,1-2H3,(H,31,37)(H,32,33). The fraction of sp³-hybridized carbons (Fsp3) is 0.600. The Morgan fingerprint density at radius 3 is 2.26 bits per heavy atom. The van der Waals surface area contributed by atoms with E-state index in [1.165, 1.54) is 30.3 Å². The van der Waals surface area contributed by atoms with Gasteiger partial charge in [-0.25, -0.2) is 9.78 Å². The maximum atomic E-state index is 13.8. The van der Waals surface area contributed by atoms with Crippen LogP contribution in [0.5, 0.6) is 0 Å². The molecule has 9 heteroatoms. The first-order chi connectivity index (χ1) is 18.9. The van der Waals surface area contributed by atoms with Crippen molar-refractivity contribution >= 4 is 17.1 Å². The molecule has 2 N–H and O–H groups in total. The quantitative estimate of drug-likeness (QED) is 0.432. The summed E-state index contributed by atoms with van der Waals surface area (Å²) in [6.45, 7) is 2.35. The van der Waals surface area contributed by atoms with E-state index in [4.69, 9.17) is 4.98 Å². The van der Waals surface area contributed by atoms with E-state index in [9.17, 15) is 14.4 Å². The molecule has 0 spiro atoms. The highest BCUT2D eigenvalue weighted by atomic mass is 16.2. The zero-order chi connectivity index (χ0) is 27.4. The van der Waals surface area contributed by atoms with Crippen LogP contribution in [0.1, 0.15) is 74.6 Å². The highest BCUT2D eigenvalue weighted by Gasteiger charge is 2.24. The van der Waals surface area contributed by atoms with E-state index >= 15 is 0 Å². The molecule has 1 amide bonds. The molecule has 0 atom stereocenters. The Morgan fingerprint density at radius 1 is 0.974 bits per heavy atom. The van der Waals surface area contributed by atoms with Gasteiger partial charge >= 0.3 is 5.69 Å². The number of rotatable bonds is 9. The highest BCUT2D eigenvalue weighted by molar-refractivity contribution is 5.95. The number of likely N-dealkylation sites (N-methyl/N-ethyl adjacent to an activating group) is 1. The normalized spacial score (nSPS) is 17.2. The van der Waals surface area contributed by atoms with Crippen molar-refractivity contribution in [3.8, 4) is 11.4 Å². The molecule has 0 saturated heterocycles. The van der Waals surface area contributed by atoms with Crippen LogP contribution in [0.3, 0.4) is 0 Å². The van der Waals surface area contributed by atoms with Gasteiger partial charge in [0.1, 0.15) is 11.3 Å². The molecule has 1 aromatic carbocycles. The van der Waals surface area contributed by atoms with Crippen LogP contribution in [0.25, 0.3) is 22.6 Å². The average molecular weight is 535 g/mol. The van der Waals surface area contributed by atoms with Gasteiger partial charge in [-0.05, 0) is 63.7 Å². The maximum Gasteiger partial charge on any atom is 0.332 e. The Morgan fingerprint density at radius 2 is 1.62 bits per heavy atom. The van der Waals surface area contributed by atoms with Crippen molar-refractivity contribution in [2.24, 2.45) is 11.8 Å². The predicted octanol–water partition coefficient (Wildman–Crippen LogP) is 4.01. The van der Waals surface area contributed by atoms with Crippen molar-refractivity contribution in [2.45, 2.75) is 77.3 Å². The lowest BCUT2D eigenvalue weighted by molar-refractivity contribution is 0.0951. The third-order valence-electron chi connectivity index (χ3n) is 8.44. The molecule has 0 unspecified atom stereocenters. The van der Waals surface area contributed by atoms with Gasteiger partial charge in [0.05, 0.1) is 0 Å². The molecule has 210 valence electrons. The van der Waals surface area contributed by atoms with E-state index in [1.807, 2.05) is 31.1 Å². The van der Waals surface area contributed by atoms with E-state index in [1.54, 1.807) is 16.7 Å². The first-order valence-electron chi connectivity index (χ1n) is 14.7. The number of nitrogens with one attached hydrogen (secondary N) is 2. The Kier molecular flexibility index (Phi) is 8.65. The molecule has 2 aromatic heterocycles. The summed E-state index contributed by atoms with van der Waals surface area (Å²) in [4.78, 5) is 50.3. The molecule has 2 heterocycles. The number of hydrogen-bond donors (Lipinski definition) is 2. The van der Waals surface area contributed by atoms with Gasteiger partial charge < -0.3 is 15.2 Å². The SMILES string of the molecule is CN(C)CCNC(=O)c1cccc(-c2nc3c([nH]2)c(=O)n(CC2CCCCC2)c(=O)n3CC2CCCCC2)c1. The summed E-state index contributed by atoms with van der Waals surface area (Å²) in [7, 11) is 3.93. The summed E-state index contributed by atoms with van der Waals surface area (Å²) in [6, 6.07) is 7.25. The zero-order valence-electron chi connectivity index (χ0n) is 23.4. The number of imidazole rings is 1. The van der Waals surface area contributed by atoms with E-state index in [0.29, 0.717) is 59.6 Å². The molecule has 2 aliphatic carbocycles. The molecule has 5 rings (SSSR count). The Bertz CT molecular complexity index is 1410. The van der Waals surface area contributed by atoms with E-state index in [2.05, 4.69) is 10.3 Å². The summed E-state index contributed by atoms with van der Waals surface area (Å²) in [5.41, 5.74) is 1.50. The predicted molar refractivity (Wildman–Crippen MR) is 154 cm³/mol. The Hall–Kier alpha value is -3.20. The Labute approximate surface area is 229 Å². The van der Waals surface area contributed by atoms with Gasteiger partial charge in [-0.1, -0.05) is 50.7 Å². The summed E-state index contributed by atoms with van der Waals surface area (Å²) in [5.74, 6) is 1.11. The van der Waals surface area contributed by atoms with Crippen LogP contribution in [0.2, 0.25) is 0 Å². The van der Waals surface area contributed by atoms with Crippen LogP contribution in [0, 0.1) is 11.8 Å². The minimum atomic E-state index is -0.295. The second-order valence-electron chi connectivity index (χ2n) is 11.7. The maximum absolute atomic E-state index is 13.8. The molecule has 39 heavy (non-hydrogen) atoms. The van der Waals surface area contributed by atoms with E-state index in [-0.39, 0.29) is 17.2 Å². The van der Waals surface area contributed by atoms with Crippen LogP contribution in [-0.2, 0) is 13.1 Å². The van der Waals surface area contributed by atoms with Crippen LogP contribution in [0.4, 0.5) is 0 Å². The summed E-state index contributed by atoms with van der Waals surface area (Å²) >= 11 is 0. The molecule has 9 nitrogen and oxygen atoms in total. The number of fused-ring (bicyclic) bond motifs is 1. The average Bonchev–Trinajstić information content (AvgIpc) is 3.40. The van der Waals surface area contributed by atoms with Crippen molar-refractivity contribution in [1.82, 2.24) is 29.3 Å². The van der Waals surface area contributed by atoms with Gasteiger partial charge in [0.2, 0.25) is 0 Å². The second-order valence-corrected chi connectivity index (χ2v) is 11.7. The summed E-state index contributed by atoms with van der Waals surface area (Å²) in [5, 5.41) is 2.94. The third kappa shape index (κ3) is 6.35. The summed E-state index contributed by atoms with van der Waals surface area (Å²) < 4.78 is 3.20. The molecule has 2 saturated carbocycles. The molecular weight excluding hydrogens is 492 g/mol. The first kappa shape index (κ1) is 27.4. The van der Waals surface area contributed by atoms with Crippen molar-refractivity contribution in [1.29, 1.82) is 0 Å². The largest absolute Gasteiger partial charge is 0.351 e. The van der Waals surface area contributed by atoms with Crippen molar-refractivity contribution in [3.05, 3.63) is 50.7 Å². The number of amides is 1. The summed E-state index contributed by atoms with van der Waals surface area (Å²) in [6.07, 6.45) is 11.5. The number of carbonyl (C=O) groups is 1. The van der Waals surface area contributed by atoms with Gasteiger partial charge in [-0.15, -0.1) is 0 Å². The van der Waals surface area contributed by atoms with Gasteiger partial charge in [0, 0.05) is 37.3 Å². The minimum Gasteiger partial charge on any atom is -0.351 e. The van der Waals surface area contributed by atoms with Gasteiger partial charge in [-0.3, -0.25) is 18.7 Å². The monoisotopic (exact) mass is 534 g/mol. The molecular formula is C30H42N6O3. The van der Waals surface area contributed by atoms with Crippen molar-refractivity contribution < 1.29 is 4.79 Å². The number of aromatic amines is 1. The zero-order valence-corrected chi connectivity index (χ0v) is 23.4. The van der Waals surface area contributed by atoms with Gasteiger partial charge in [-0.2, -0.15) is 0 Å². The van der Waals surface area contributed by atoms with E-state index in [0.717, 1.165) is 45.1 Å². The second kappa shape index (κ2) is 12.3. The molecule has 2 aliphatic rings. The highest BCUT2D eigenvalue weighted by Crippen LogP contribution is 2.27. The molecule has 0 bridgehead atoms. The smallest absolute Gasteiger partial charge is 0.332 e. The molecule has 3 aromatic rings. The van der Waals surface area contributed by atoms with Crippen LogP contribution in [-0.4, -0.2) is 57.1 Å². The van der Waals surface area contributed by atoms with Crippen LogP contribution in [0.15, 0.2) is 33.9 Å². The third-order valence-corrected chi connectivity index (χ3v) is 8.44. The molecule has 0 aliphatic heterocycles. The van der Waals surface area contributed by atoms with Crippen molar-refractivity contribution in [2.75, 3.05) is 27.2 Å². The molecule has 0 radical (unpaired) electrons. The number of hydrogen-bond acceptors (Lipinski definition) is 5. The number of aromatic nitrogens is 4. The fourth-order valence-electron chi connectivity index (χ4n) is 6.19. The van der Waals surface area contributed by atoms with Gasteiger partial charge in [0.15, 0.2) is 5.65 Å². The lowest BCUT2D eigenvalue weighted by atomic mass is 9.89. The minimum absolute atomic E-state index is 0.154. The topological polar surface area (TPSA) is 105 Å². The van der Waals surface area contributed by atoms with Crippen LogP contribution < -0.4 is 16.6 Å².